The second-order valence-corrected chi connectivity index (χ2v) is 6.67. The Morgan fingerprint density at radius 3 is 2.57 bits per heavy atom. The highest BCUT2D eigenvalue weighted by molar-refractivity contribution is 9.10. The summed E-state index contributed by atoms with van der Waals surface area (Å²) >= 11 is 3.38. The Balaban J connectivity index is 1.50. The number of hydrogen-bond donors (Lipinski definition) is 1. The molecule has 1 aromatic carbocycles. The average molecular weight is 382 g/mol. The van der Waals surface area contributed by atoms with Crippen molar-refractivity contribution in [2.75, 3.05) is 38.1 Å². The van der Waals surface area contributed by atoms with Crippen LogP contribution in [0.1, 0.15) is 12.8 Å². The van der Waals surface area contributed by atoms with Crippen LogP contribution < -0.4 is 5.32 Å². The molecule has 0 saturated carbocycles. The number of ether oxygens (including phenoxy) is 1. The van der Waals surface area contributed by atoms with Crippen LogP contribution in [-0.4, -0.2) is 60.6 Å². The summed E-state index contributed by atoms with van der Waals surface area (Å²) in [7, 11) is 0. The van der Waals surface area contributed by atoms with Gasteiger partial charge in [-0.3, -0.25) is 4.79 Å². The lowest BCUT2D eigenvalue weighted by Gasteiger charge is -2.35. The maximum atomic E-state index is 12.3. The van der Waals surface area contributed by atoms with E-state index in [1.165, 1.54) is 0 Å². The molecule has 2 aliphatic heterocycles. The molecular weight excluding hydrogens is 362 g/mol. The number of benzene rings is 1. The minimum atomic E-state index is -0.281. The van der Waals surface area contributed by atoms with E-state index in [1.807, 2.05) is 24.3 Å². The van der Waals surface area contributed by atoms with E-state index >= 15 is 0 Å². The van der Waals surface area contributed by atoms with Crippen LogP contribution in [0.15, 0.2) is 28.7 Å². The molecule has 23 heavy (non-hydrogen) atoms. The second kappa shape index (κ2) is 7.31. The Morgan fingerprint density at radius 2 is 1.91 bits per heavy atom. The number of carbonyl (C=O) groups excluding carboxylic acids is 2. The molecule has 6 nitrogen and oxygen atoms in total. The molecule has 0 spiro atoms. The smallest absolute Gasteiger partial charge is 0.321 e. The summed E-state index contributed by atoms with van der Waals surface area (Å²) in [6.45, 7) is 2.87. The first-order valence-electron chi connectivity index (χ1n) is 7.85. The molecule has 0 aliphatic carbocycles. The Labute approximate surface area is 143 Å². The number of carbonyl (C=O) groups is 2. The number of hydrogen-bond acceptors (Lipinski definition) is 3. The highest BCUT2D eigenvalue weighted by atomic mass is 79.9. The van der Waals surface area contributed by atoms with Crippen molar-refractivity contribution in [1.29, 1.82) is 0 Å². The van der Waals surface area contributed by atoms with Crippen molar-refractivity contribution in [2.24, 2.45) is 0 Å². The molecule has 3 amide bonds. The monoisotopic (exact) mass is 381 g/mol. The van der Waals surface area contributed by atoms with Gasteiger partial charge in [0.25, 0.3) is 5.91 Å². The third-order valence-electron chi connectivity index (χ3n) is 4.16. The van der Waals surface area contributed by atoms with Gasteiger partial charge in [0.15, 0.2) is 0 Å². The molecule has 2 heterocycles. The molecule has 2 fully saturated rings. The van der Waals surface area contributed by atoms with Gasteiger partial charge in [0.1, 0.15) is 6.10 Å². The number of urea groups is 1. The second-order valence-electron chi connectivity index (χ2n) is 5.75. The minimum absolute atomic E-state index is 0.0644. The zero-order chi connectivity index (χ0) is 16.2. The number of anilines is 1. The van der Waals surface area contributed by atoms with Crippen LogP contribution in [0.25, 0.3) is 0 Å². The molecule has 124 valence electrons. The average Bonchev–Trinajstić information content (AvgIpc) is 3.09. The zero-order valence-corrected chi connectivity index (χ0v) is 14.4. The van der Waals surface area contributed by atoms with Gasteiger partial charge in [-0.15, -0.1) is 0 Å². The Bertz CT molecular complexity index is 582. The van der Waals surface area contributed by atoms with E-state index in [1.54, 1.807) is 9.80 Å². The number of halogens is 1. The van der Waals surface area contributed by atoms with E-state index in [4.69, 9.17) is 4.74 Å². The van der Waals surface area contributed by atoms with Crippen molar-refractivity contribution in [3.8, 4) is 0 Å². The standard InChI is InChI=1S/C16H20BrN3O3/c17-12-3-1-4-13(11-12)18-16(22)20-8-6-19(7-9-20)15(21)14-5-2-10-23-14/h1,3-4,11,14H,2,5-10H2,(H,18,22). The summed E-state index contributed by atoms with van der Waals surface area (Å²) < 4.78 is 6.36. The SMILES string of the molecule is O=C(Nc1cccc(Br)c1)N1CCN(C(=O)C2CCCO2)CC1. The number of piperazine rings is 1. The largest absolute Gasteiger partial charge is 0.368 e. The van der Waals surface area contributed by atoms with Gasteiger partial charge in [-0.05, 0) is 31.0 Å². The van der Waals surface area contributed by atoms with E-state index in [2.05, 4.69) is 21.2 Å². The van der Waals surface area contributed by atoms with Crippen molar-refractivity contribution < 1.29 is 14.3 Å². The molecule has 3 rings (SSSR count). The predicted octanol–water partition coefficient (Wildman–Crippen LogP) is 2.30. The first kappa shape index (κ1) is 16.3. The Kier molecular flexibility index (Phi) is 5.17. The topological polar surface area (TPSA) is 61.9 Å². The normalized spacial score (nSPS) is 21.3. The van der Waals surface area contributed by atoms with Crippen LogP contribution in [0, 0.1) is 0 Å². The fourth-order valence-electron chi connectivity index (χ4n) is 2.87. The highest BCUT2D eigenvalue weighted by Crippen LogP contribution is 2.18. The van der Waals surface area contributed by atoms with E-state index in [-0.39, 0.29) is 18.0 Å². The fraction of sp³-hybridized carbons (Fsp3) is 0.500. The van der Waals surface area contributed by atoms with Crippen molar-refractivity contribution >= 4 is 33.6 Å². The Hall–Kier alpha value is -1.60. The summed E-state index contributed by atoms with van der Waals surface area (Å²) in [6.07, 6.45) is 1.48. The lowest BCUT2D eigenvalue weighted by atomic mass is 10.2. The molecule has 0 bridgehead atoms. The van der Waals surface area contributed by atoms with Gasteiger partial charge in [-0.1, -0.05) is 22.0 Å². The van der Waals surface area contributed by atoms with Gasteiger partial charge in [-0.2, -0.15) is 0 Å². The van der Waals surface area contributed by atoms with Crippen molar-refractivity contribution in [3.05, 3.63) is 28.7 Å². The zero-order valence-electron chi connectivity index (χ0n) is 12.8. The van der Waals surface area contributed by atoms with Crippen LogP contribution in [-0.2, 0) is 9.53 Å². The molecule has 1 N–H and O–H groups in total. The quantitative estimate of drug-likeness (QED) is 0.854. The summed E-state index contributed by atoms with van der Waals surface area (Å²) in [5.41, 5.74) is 0.752. The van der Waals surface area contributed by atoms with Gasteiger partial charge in [0.05, 0.1) is 0 Å². The first-order chi connectivity index (χ1) is 11.1. The van der Waals surface area contributed by atoms with E-state index < -0.39 is 0 Å². The fourth-order valence-corrected chi connectivity index (χ4v) is 3.27. The minimum Gasteiger partial charge on any atom is -0.368 e. The molecule has 1 aromatic rings. The molecule has 2 saturated heterocycles. The highest BCUT2D eigenvalue weighted by Gasteiger charge is 2.31. The summed E-state index contributed by atoms with van der Waals surface area (Å²) in [6, 6.07) is 7.35. The first-order valence-corrected chi connectivity index (χ1v) is 8.65. The van der Waals surface area contributed by atoms with Crippen LogP contribution in [0.2, 0.25) is 0 Å². The van der Waals surface area contributed by atoms with Crippen LogP contribution in [0.5, 0.6) is 0 Å². The number of nitrogens with one attached hydrogen (secondary N) is 1. The lowest BCUT2D eigenvalue weighted by molar-refractivity contribution is -0.142. The van der Waals surface area contributed by atoms with Crippen LogP contribution >= 0.6 is 15.9 Å². The van der Waals surface area contributed by atoms with Crippen LogP contribution in [0.4, 0.5) is 10.5 Å². The van der Waals surface area contributed by atoms with Crippen LogP contribution in [0.3, 0.4) is 0 Å². The number of rotatable bonds is 2. The predicted molar refractivity (Wildman–Crippen MR) is 90.3 cm³/mol. The van der Waals surface area contributed by atoms with Gasteiger partial charge < -0.3 is 19.9 Å². The summed E-state index contributed by atoms with van der Waals surface area (Å²) in [5, 5.41) is 2.88. The molecule has 0 radical (unpaired) electrons. The summed E-state index contributed by atoms with van der Waals surface area (Å²) in [5.74, 6) is 0.0644. The van der Waals surface area contributed by atoms with Gasteiger partial charge in [0.2, 0.25) is 0 Å². The third-order valence-corrected chi connectivity index (χ3v) is 4.65. The molecule has 2 aliphatic rings. The summed E-state index contributed by atoms with van der Waals surface area (Å²) in [4.78, 5) is 28.1. The van der Waals surface area contributed by atoms with Crippen molar-refractivity contribution in [1.82, 2.24) is 9.80 Å². The van der Waals surface area contributed by atoms with Crippen molar-refractivity contribution in [3.63, 3.8) is 0 Å². The molecular formula is C16H20BrN3O3. The van der Waals surface area contributed by atoms with Gasteiger partial charge in [0, 0.05) is 42.9 Å². The molecule has 1 atom stereocenters. The molecule has 1 unspecified atom stereocenters. The Morgan fingerprint density at radius 1 is 1.17 bits per heavy atom. The number of nitrogens with zero attached hydrogens (tertiary/aromatic N) is 2. The molecule has 0 aromatic heterocycles. The van der Waals surface area contributed by atoms with E-state index in [9.17, 15) is 9.59 Å². The molecule has 7 heteroatoms. The van der Waals surface area contributed by atoms with E-state index in [0.717, 1.165) is 23.0 Å². The maximum Gasteiger partial charge on any atom is 0.321 e. The van der Waals surface area contributed by atoms with Gasteiger partial charge in [-0.25, -0.2) is 4.79 Å². The van der Waals surface area contributed by atoms with E-state index in [0.29, 0.717) is 32.8 Å². The van der Waals surface area contributed by atoms with Gasteiger partial charge >= 0.3 is 6.03 Å². The maximum absolute atomic E-state index is 12.3. The lowest BCUT2D eigenvalue weighted by Crippen LogP contribution is -2.53. The van der Waals surface area contributed by atoms with Crippen molar-refractivity contribution in [2.45, 2.75) is 18.9 Å². The third kappa shape index (κ3) is 4.03. The number of amides is 3.